The molecule has 1 aliphatic rings. The van der Waals surface area contributed by atoms with Crippen LogP contribution in [0.3, 0.4) is 0 Å². The summed E-state index contributed by atoms with van der Waals surface area (Å²) in [5.41, 5.74) is 0.600. The number of benzene rings is 2. The summed E-state index contributed by atoms with van der Waals surface area (Å²) in [6.07, 6.45) is 4.42. The van der Waals surface area contributed by atoms with E-state index in [4.69, 9.17) is 4.74 Å². The average molecular weight is 1390 g/mol. The number of carboxylic acid groups (broad SMARTS) is 4. The predicted octanol–water partition coefficient (Wildman–Crippen LogP) is -4.74. The summed E-state index contributed by atoms with van der Waals surface area (Å²) in [4.78, 5) is 140. The second-order valence-corrected chi connectivity index (χ2v) is 26.4. The Kier molecular flexibility index (Phi) is 28.3. The van der Waals surface area contributed by atoms with Crippen LogP contribution in [0, 0.1) is 13.8 Å². The highest BCUT2D eigenvalue weighted by molar-refractivity contribution is 7.89. The summed E-state index contributed by atoms with van der Waals surface area (Å²) in [6, 6.07) is 1.41. The van der Waals surface area contributed by atoms with Gasteiger partial charge in [-0.05, 0) is 61.2 Å². The number of carbonyl (C=O) groups excluding carboxylic acids is 5. The molecule has 5 amide bonds. The minimum absolute atomic E-state index is 0.0356. The second-order valence-electron chi connectivity index (χ2n) is 21.8. The molecule has 1 aliphatic heterocycles. The molecule has 0 aliphatic carbocycles. The van der Waals surface area contributed by atoms with Crippen LogP contribution in [0.2, 0.25) is 0 Å². The monoisotopic (exact) mass is 1380 g/mol. The number of imidazole rings is 1. The number of ether oxygens (including phenoxy) is 1. The van der Waals surface area contributed by atoms with E-state index in [0.717, 1.165) is 5.56 Å². The van der Waals surface area contributed by atoms with E-state index in [2.05, 4.69) is 41.3 Å². The summed E-state index contributed by atoms with van der Waals surface area (Å²) in [5, 5.41) is 52.8. The van der Waals surface area contributed by atoms with E-state index in [-0.39, 0.29) is 111 Å². The van der Waals surface area contributed by atoms with Crippen LogP contribution in [0.15, 0.2) is 58.6 Å². The first-order valence-electron chi connectivity index (χ1n) is 28.8. The fourth-order valence-corrected chi connectivity index (χ4v) is 12.7. The quantitative estimate of drug-likeness (QED) is 0.0154. The lowest BCUT2D eigenvalue weighted by atomic mass is 10.1. The summed E-state index contributed by atoms with van der Waals surface area (Å²) in [5.74, 6) is -13.0. The summed E-state index contributed by atoms with van der Waals surface area (Å²) >= 11 is 0. The van der Waals surface area contributed by atoms with Crippen molar-refractivity contribution in [2.24, 2.45) is 7.05 Å². The number of aliphatic carboxylic acids is 4. The molecule has 4 aromatic rings. The Labute approximate surface area is 538 Å². The zero-order valence-electron chi connectivity index (χ0n) is 51.2. The number of aromatic amines is 1. The maximum Gasteiger partial charge on any atom is 0.323 e. The number of carboxylic acids is 4. The van der Waals surface area contributed by atoms with Crippen LogP contribution in [0.25, 0.3) is 10.9 Å². The lowest BCUT2D eigenvalue weighted by Gasteiger charge is -2.33. The minimum Gasteiger partial charge on any atom is -0.494 e. The van der Waals surface area contributed by atoms with Crippen molar-refractivity contribution < 1.29 is 103 Å². The number of pyridine rings is 1. The highest BCUT2D eigenvalue weighted by Crippen LogP contribution is 2.26. The Morgan fingerprint density at radius 2 is 1.18 bits per heavy atom. The molecule has 1 fully saturated rings. The van der Waals surface area contributed by atoms with Crippen LogP contribution < -0.4 is 46.8 Å². The summed E-state index contributed by atoms with van der Waals surface area (Å²) in [6.45, 7) is -0.464. The van der Waals surface area contributed by atoms with Crippen LogP contribution in [0.1, 0.15) is 39.9 Å². The van der Waals surface area contributed by atoms with Gasteiger partial charge >= 0.3 is 23.9 Å². The van der Waals surface area contributed by atoms with E-state index in [1.54, 1.807) is 42.2 Å². The molecule has 518 valence electrons. The van der Waals surface area contributed by atoms with Crippen molar-refractivity contribution in [2.45, 2.75) is 56.3 Å². The molecule has 2 aromatic carbocycles. The number of nitrogens with one attached hydrogen (secondary N) is 8. The van der Waals surface area contributed by atoms with Gasteiger partial charge in [-0.1, -0.05) is 6.07 Å². The Morgan fingerprint density at radius 1 is 0.660 bits per heavy atom. The Hall–Kier alpha value is -8.74. The number of aromatic nitrogens is 3. The number of anilines is 1. The van der Waals surface area contributed by atoms with Gasteiger partial charge in [0, 0.05) is 116 Å². The van der Waals surface area contributed by atoms with Crippen molar-refractivity contribution in [1.82, 2.24) is 65.4 Å². The van der Waals surface area contributed by atoms with Crippen LogP contribution in [0.4, 0.5) is 5.95 Å². The third kappa shape index (κ3) is 25.6. The maximum atomic E-state index is 13.7. The van der Waals surface area contributed by atoms with Crippen molar-refractivity contribution in [3.8, 4) is 5.75 Å². The number of nitrogens with zero attached hydrogens (tertiary/aromatic N) is 6. The van der Waals surface area contributed by atoms with Gasteiger partial charge < -0.3 is 66.6 Å². The lowest BCUT2D eigenvalue weighted by Crippen LogP contribution is -2.58. The van der Waals surface area contributed by atoms with E-state index in [1.165, 1.54) is 51.8 Å². The molecule has 3 atom stereocenters. The van der Waals surface area contributed by atoms with E-state index in [9.17, 15) is 103 Å². The molecule has 37 nitrogen and oxygen atoms in total. The molecule has 0 spiro atoms. The van der Waals surface area contributed by atoms with E-state index in [1.807, 2.05) is 5.32 Å². The SMILES string of the molecule is Cc1cc(OCCCC(=O)NCCNC(=O)[C@H](CS(=O)(=O)O)NC(=O)[C@H](CS(=O)(=O)O)NC(=O)CN2CCN(CC(=O)O)CCN(CC(=O)O)CCN(CC(=O)O)CC2)cc(C)c1S(=O)(=O)NC(CNC(=O)c1cn(C)c2cc(CNc3ncc[nH]3)ccc2c1=O)C(=O)O. The molecule has 3 heterocycles. The van der Waals surface area contributed by atoms with Crippen LogP contribution in [0.5, 0.6) is 5.75 Å². The molecule has 1 unspecified atom stereocenters. The Balaban J connectivity index is 1.11. The van der Waals surface area contributed by atoms with Crippen molar-refractivity contribution in [1.29, 1.82) is 0 Å². The van der Waals surface area contributed by atoms with Gasteiger partial charge in [-0.25, -0.2) is 13.4 Å². The summed E-state index contributed by atoms with van der Waals surface area (Å²) in [7, 11) is -13.2. The molecular formula is C54H76N14O23S3. The van der Waals surface area contributed by atoms with Gasteiger partial charge in [0.1, 0.15) is 40.9 Å². The zero-order valence-corrected chi connectivity index (χ0v) is 53.7. The number of rotatable bonds is 34. The number of sulfonamides is 1. The van der Waals surface area contributed by atoms with E-state index < -0.39 is 158 Å². The molecule has 0 radical (unpaired) electrons. The summed E-state index contributed by atoms with van der Waals surface area (Å²) < 4.78 is 104. The number of carbonyl (C=O) groups is 9. The number of hydrogen-bond acceptors (Lipinski definition) is 23. The molecule has 5 rings (SSSR count). The zero-order chi connectivity index (χ0) is 69.7. The number of hydrogen-bond donors (Lipinski definition) is 14. The molecule has 2 aromatic heterocycles. The van der Waals surface area contributed by atoms with Gasteiger partial charge in [0.25, 0.3) is 26.1 Å². The van der Waals surface area contributed by atoms with Gasteiger partial charge in [-0.2, -0.15) is 21.6 Å². The first kappa shape index (κ1) is 76.0. The normalized spacial score (nSPS) is 15.2. The lowest BCUT2D eigenvalue weighted by molar-refractivity contribution is -0.140. The maximum absolute atomic E-state index is 13.7. The number of amides is 5. The molecule has 40 heteroatoms. The second kappa shape index (κ2) is 35.0. The average Bonchev–Trinajstić information content (AvgIpc) is 0.830. The van der Waals surface area contributed by atoms with Gasteiger partial charge in [-0.15, -0.1) is 0 Å². The van der Waals surface area contributed by atoms with Crippen LogP contribution >= 0.6 is 0 Å². The van der Waals surface area contributed by atoms with Crippen LogP contribution in [-0.4, -0.2) is 277 Å². The third-order valence-electron chi connectivity index (χ3n) is 14.2. The molecular weight excluding hydrogens is 1310 g/mol. The van der Waals surface area contributed by atoms with Crippen LogP contribution in [-0.2, 0) is 82.2 Å². The van der Waals surface area contributed by atoms with E-state index >= 15 is 0 Å². The molecule has 0 bridgehead atoms. The Bertz CT molecular complexity index is 3760. The van der Waals surface area contributed by atoms with E-state index in [0.29, 0.717) is 18.0 Å². The number of H-pyrrole nitrogens is 1. The van der Waals surface area contributed by atoms with Crippen molar-refractivity contribution in [3.05, 3.63) is 81.4 Å². The van der Waals surface area contributed by atoms with Gasteiger partial charge in [0.15, 0.2) is 5.95 Å². The first-order chi connectivity index (χ1) is 44.1. The fourth-order valence-electron chi connectivity index (χ4n) is 9.79. The van der Waals surface area contributed by atoms with Gasteiger partial charge in [0.05, 0.1) is 43.2 Å². The minimum atomic E-state index is -5.12. The van der Waals surface area contributed by atoms with Gasteiger partial charge in [-0.3, -0.25) is 76.7 Å². The smallest absolute Gasteiger partial charge is 0.323 e. The molecule has 14 N–H and O–H groups in total. The van der Waals surface area contributed by atoms with Gasteiger partial charge in [0.2, 0.25) is 39.1 Å². The number of fused-ring (bicyclic) bond motifs is 1. The standard InChI is InChI=1S/C54H76N14O23S3/c1-33-21-36(22-34(2)49(33)94(89,90)63-39(53(81)82)25-59-50(78)38-26-64(3)42-23-35(6-7-37(42)48(38)77)24-60-54-57-10-11-58-54)91-20-4-5-43(69)55-8-9-56-51(79)40(31-92(83,84)85)62-52(80)41(32-93(86,87)88)61-44(70)27-65-12-14-66(28-45(71)72)16-18-68(30-47(75)76)19-17-67(15-13-65)29-46(73)74/h6-7,10-11,21-23,26,39-41,63H,4-5,8-9,12-20,24-25,27-32H2,1-3H3,(H,55,69)(H,56,79)(H,59,78)(H,61,70)(H,62,80)(H,71,72)(H,73,74)(H,75,76)(H,81,82)(H2,57,58,60)(H,83,84,85)(H,86,87,88)/t39?,40-,41-/m0/s1. The third-order valence-corrected chi connectivity index (χ3v) is 17.5. The van der Waals surface area contributed by atoms with Crippen molar-refractivity contribution in [3.63, 3.8) is 0 Å². The fraction of sp³-hybridized carbons (Fsp3) is 0.500. The van der Waals surface area contributed by atoms with Crippen molar-refractivity contribution in [2.75, 3.05) is 122 Å². The highest BCUT2D eigenvalue weighted by Gasteiger charge is 2.34. The number of aryl methyl sites for hydroxylation is 3. The van der Waals surface area contributed by atoms with Crippen molar-refractivity contribution >= 4 is 101 Å². The molecule has 94 heavy (non-hydrogen) atoms. The predicted molar refractivity (Wildman–Crippen MR) is 331 cm³/mol. The molecule has 0 saturated carbocycles. The highest BCUT2D eigenvalue weighted by atomic mass is 32.2. The molecule has 1 saturated heterocycles. The topological polar surface area (TPSA) is 535 Å². The Morgan fingerprint density at radius 3 is 1.68 bits per heavy atom. The first-order valence-corrected chi connectivity index (χ1v) is 33.5. The largest absolute Gasteiger partial charge is 0.494 e.